The largest absolute Gasteiger partial charge is 0.388 e. The minimum atomic E-state index is -1.39. The van der Waals surface area contributed by atoms with Gasteiger partial charge < -0.3 is 4.84 Å². The molecule has 1 unspecified atom stereocenters. The van der Waals surface area contributed by atoms with E-state index in [9.17, 15) is 0 Å². The smallest absolute Gasteiger partial charge is 0.145 e. The molecule has 0 aliphatic heterocycles. The summed E-state index contributed by atoms with van der Waals surface area (Å²) in [5.41, 5.74) is 0.629. The fourth-order valence-electron chi connectivity index (χ4n) is 1.85. The Hall–Kier alpha value is -0.790. The molecule has 0 aliphatic rings. The van der Waals surface area contributed by atoms with E-state index in [0.717, 1.165) is 5.71 Å². The molecule has 100 valence electrons. The number of hydrogen-bond acceptors (Lipinski definition) is 2. The SMILES string of the molecule is [2H]/C(=C\C)C([2H])(CC)ON=C(C(C)(C)C)C(C)(C)C. The molecule has 17 heavy (non-hydrogen) atoms. The number of allylic oxidation sites excluding steroid dienone is 1. The Balaban J connectivity index is 5.42. The topological polar surface area (TPSA) is 21.6 Å². The summed E-state index contributed by atoms with van der Waals surface area (Å²) in [6.07, 6.45) is 0.581. The van der Waals surface area contributed by atoms with Crippen molar-refractivity contribution in [2.75, 3.05) is 0 Å². The van der Waals surface area contributed by atoms with Crippen LogP contribution in [0.5, 0.6) is 0 Å². The van der Waals surface area contributed by atoms with E-state index in [2.05, 4.69) is 46.7 Å². The van der Waals surface area contributed by atoms with Crippen LogP contribution in [0.15, 0.2) is 17.3 Å². The van der Waals surface area contributed by atoms with Crippen molar-refractivity contribution in [3.05, 3.63) is 12.1 Å². The van der Waals surface area contributed by atoms with Gasteiger partial charge in [0.15, 0.2) is 0 Å². The van der Waals surface area contributed by atoms with Crippen LogP contribution in [0.2, 0.25) is 0 Å². The number of rotatable bonds is 4. The summed E-state index contributed by atoms with van der Waals surface area (Å²) in [4.78, 5) is 5.45. The third kappa shape index (κ3) is 5.90. The fraction of sp³-hybridized carbons (Fsp3) is 0.800. The van der Waals surface area contributed by atoms with E-state index in [1.165, 1.54) is 0 Å². The summed E-state index contributed by atoms with van der Waals surface area (Å²) >= 11 is 0. The van der Waals surface area contributed by atoms with Gasteiger partial charge in [0.25, 0.3) is 0 Å². The summed E-state index contributed by atoms with van der Waals surface area (Å²) in [6.45, 7) is 16.0. The molecule has 0 aliphatic carbocycles. The molecule has 0 radical (unpaired) electrons. The number of nitrogens with zero attached hydrogens (tertiary/aromatic N) is 1. The molecule has 0 bridgehead atoms. The lowest BCUT2D eigenvalue weighted by molar-refractivity contribution is 0.0849. The maximum Gasteiger partial charge on any atom is 0.145 e. The highest BCUT2D eigenvalue weighted by molar-refractivity contribution is 5.93. The van der Waals surface area contributed by atoms with Crippen molar-refractivity contribution in [1.82, 2.24) is 0 Å². The van der Waals surface area contributed by atoms with Crippen LogP contribution >= 0.6 is 0 Å². The molecule has 0 amide bonds. The lowest BCUT2D eigenvalue weighted by atomic mass is 9.75. The van der Waals surface area contributed by atoms with Crippen molar-refractivity contribution in [3.63, 3.8) is 0 Å². The second kappa shape index (κ2) is 6.23. The van der Waals surface area contributed by atoms with Gasteiger partial charge in [-0.15, -0.1) is 0 Å². The molecule has 2 nitrogen and oxygen atoms in total. The van der Waals surface area contributed by atoms with Crippen molar-refractivity contribution in [2.24, 2.45) is 16.0 Å². The average molecular weight is 241 g/mol. The highest BCUT2D eigenvalue weighted by Gasteiger charge is 2.31. The van der Waals surface area contributed by atoms with Gasteiger partial charge in [-0.05, 0) is 19.4 Å². The van der Waals surface area contributed by atoms with Crippen molar-refractivity contribution in [3.8, 4) is 0 Å². The third-order valence-corrected chi connectivity index (χ3v) is 2.29. The van der Waals surface area contributed by atoms with Gasteiger partial charge in [0.1, 0.15) is 6.08 Å². The van der Waals surface area contributed by atoms with E-state index in [4.69, 9.17) is 7.58 Å². The first kappa shape index (κ1) is 12.7. The van der Waals surface area contributed by atoms with Crippen molar-refractivity contribution in [2.45, 2.75) is 67.9 Å². The minimum Gasteiger partial charge on any atom is -0.388 e. The zero-order valence-electron chi connectivity index (χ0n) is 14.6. The van der Waals surface area contributed by atoms with Crippen LogP contribution < -0.4 is 0 Å². The van der Waals surface area contributed by atoms with E-state index >= 15 is 0 Å². The number of oxime groups is 1. The number of hydrogen-bond donors (Lipinski definition) is 0. The lowest BCUT2D eigenvalue weighted by Gasteiger charge is -2.31. The molecular formula is C15H29NO. The lowest BCUT2D eigenvalue weighted by Crippen LogP contribution is -2.33. The zero-order valence-corrected chi connectivity index (χ0v) is 12.6. The fourth-order valence-corrected chi connectivity index (χ4v) is 1.85. The Morgan fingerprint density at radius 1 is 1.29 bits per heavy atom. The van der Waals surface area contributed by atoms with Crippen molar-refractivity contribution in [1.29, 1.82) is 0 Å². The van der Waals surface area contributed by atoms with Gasteiger partial charge >= 0.3 is 0 Å². The first-order valence-corrected chi connectivity index (χ1v) is 6.29. The van der Waals surface area contributed by atoms with Crippen LogP contribution in [-0.4, -0.2) is 11.8 Å². The highest BCUT2D eigenvalue weighted by atomic mass is 16.6. The summed E-state index contributed by atoms with van der Waals surface area (Å²) in [5.74, 6) is 0. The summed E-state index contributed by atoms with van der Waals surface area (Å²) in [5, 5.41) is 4.25. The maximum atomic E-state index is 8.19. The van der Waals surface area contributed by atoms with Gasteiger partial charge in [-0.1, -0.05) is 59.7 Å². The standard InChI is InChI=1S/C15H29NO/c1-9-11-12(10-2)17-16-13(14(3,4)5)15(6,7)8/h9,11-12H,10H2,1-8H3/b11-9+/i11D,12D. The summed E-state index contributed by atoms with van der Waals surface area (Å²) in [7, 11) is 0. The molecule has 0 saturated heterocycles. The second-order valence-corrected chi connectivity index (χ2v) is 6.24. The summed E-state index contributed by atoms with van der Waals surface area (Å²) < 4.78 is 16.0. The molecule has 0 rings (SSSR count). The monoisotopic (exact) mass is 241 g/mol. The average Bonchev–Trinajstić information content (AvgIpc) is 2.24. The van der Waals surface area contributed by atoms with E-state index in [1.807, 2.05) is 6.92 Å². The van der Waals surface area contributed by atoms with E-state index < -0.39 is 6.08 Å². The Kier molecular flexibility index (Phi) is 4.64. The normalized spacial score (nSPS) is 18.9. The molecular weight excluding hydrogens is 210 g/mol. The van der Waals surface area contributed by atoms with Crippen LogP contribution in [0, 0.1) is 10.8 Å². The molecule has 0 aromatic carbocycles. The van der Waals surface area contributed by atoms with Crippen LogP contribution in [0.1, 0.15) is 64.6 Å². The quantitative estimate of drug-likeness (QED) is 0.393. The Morgan fingerprint density at radius 3 is 2.06 bits per heavy atom. The van der Waals surface area contributed by atoms with Gasteiger partial charge in [0.05, 0.1) is 8.45 Å². The van der Waals surface area contributed by atoms with Gasteiger partial charge in [-0.3, -0.25) is 0 Å². The van der Waals surface area contributed by atoms with Crippen LogP contribution in [0.25, 0.3) is 0 Å². The van der Waals surface area contributed by atoms with Crippen LogP contribution in [0.3, 0.4) is 0 Å². The molecule has 0 aromatic heterocycles. The zero-order chi connectivity index (χ0) is 15.5. The first-order valence-electron chi connectivity index (χ1n) is 7.29. The second-order valence-electron chi connectivity index (χ2n) is 6.24. The third-order valence-electron chi connectivity index (χ3n) is 2.29. The van der Waals surface area contributed by atoms with Crippen molar-refractivity contribution < 1.29 is 7.58 Å². The van der Waals surface area contributed by atoms with Gasteiger partial charge in [-0.25, -0.2) is 0 Å². The molecule has 0 heterocycles. The van der Waals surface area contributed by atoms with E-state index in [1.54, 1.807) is 13.0 Å². The van der Waals surface area contributed by atoms with E-state index in [-0.39, 0.29) is 16.9 Å². The molecule has 0 saturated carbocycles. The van der Waals surface area contributed by atoms with Gasteiger partial charge in [0, 0.05) is 10.8 Å². The van der Waals surface area contributed by atoms with Crippen molar-refractivity contribution >= 4 is 5.71 Å². The Morgan fingerprint density at radius 2 is 1.76 bits per heavy atom. The Labute approximate surface area is 110 Å². The highest BCUT2D eigenvalue weighted by Crippen LogP contribution is 2.30. The molecule has 0 N–H and O–H groups in total. The Bertz CT molecular complexity index is 345. The van der Waals surface area contributed by atoms with Crippen LogP contribution in [-0.2, 0) is 4.84 Å². The molecule has 0 aromatic rings. The van der Waals surface area contributed by atoms with Crippen LogP contribution in [0.4, 0.5) is 0 Å². The maximum absolute atomic E-state index is 8.19. The minimum absolute atomic E-state index is 0.134. The summed E-state index contributed by atoms with van der Waals surface area (Å²) in [6, 6.07) is 0.140. The van der Waals surface area contributed by atoms with Gasteiger partial charge in [-0.2, -0.15) is 0 Å². The molecule has 1 atom stereocenters. The predicted octanol–water partition coefficient (Wildman–Crippen LogP) is 4.81. The van der Waals surface area contributed by atoms with E-state index in [0.29, 0.717) is 6.42 Å². The molecule has 0 spiro atoms. The molecule has 2 heteroatoms. The first-order chi connectivity index (χ1) is 8.38. The molecule has 0 fully saturated rings. The van der Waals surface area contributed by atoms with Gasteiger partial charge in [0.2, 0.25) is 0 Å². The predicted molar refractivity (Wildman–Crippen MR) is 76.3 cm³/mol.